The minimum absolute atomic E-state index is 0.155. The Labute approximate surface area is 164 Å². The van der Waals surface area contributed by atoms with Crippen molar-refractivity contribution >= 4 is 23.3 Å². The predicted octanol–water partition coefficient (Wildman–Crippen LogP) is 2.76. The fourth-order valence-electron chi connectivity index (χ4n) is 3.90. The van der Waals surface area contributed by atoms with E-state index >= 15 is 0 Å². The molecule has 0 radical (unpaired) electrons. The maximum absolute atomic E-state index is 12.1. The molecule has 2 heterocycles. The van der Waals surface area contributed by atoms with Gasteiger partial charge in [0.15, 0.2) is 0 Å². The highest BCUT2D eigenvalue weighted by Gasteiger charge is 2.21. The zero-order valence-corrected chi connectivity index (χ0v) is 16.1. The van der Waals surface area contributed by atoms with E-state index in [1.165, 1.54) is 11.3 Å². The van der Waals surface area contributed by atoms with Crippen LogP contribution in [0.5, 0.6) is 0 Å². The van der Waals surface area contributed by atoms with E-state index in [4.69, 9.17) is 0 Å². The second-order valence-electron chi connectivity index (χ2n) is 7.33. The van der Waals surface area contributed by atoms with Crippen molar-refractivity contribution in [2.24, 2.45) is 0 Å². The van der Waals surface area contributed by atoms with E-state index in [1.54, 1.807) is 4.90 Å². The molecule has 2 aromatic rings. The van der Waals surface area contributed by atoms with Gasteiger partial charge in [-0.2, -0.15) is 0 Å². The standard InChI is InChI=1S/C21H25N5O2/c1-14-17-4-2-5-18(17)25-19(23-14)11-12-22-21(28)24-15-7-9-16(10-8-15)26-13-3-6-20(26)27/h7-10H,2-6,11-13H2,1H3,(H2,22,24,28). The van der Waals surface area contributed by atoms with Crippen LogP contribution < -0.4 is 15.5 Å². The van der Waals surface area contributed by atoms with Crippen LogP contribution in [0.4, 0.5) is 16.2 Å². The second kappa shape index (κ2) is 7.96. The molecule has 0 unspecified atom stereocenters. The second-order valence-corrected chi connectivity index (χ2v) is 7.33. The van der Waals surface area contributed by atoms with Gasteiger partial charge in [0.1, 0.15) is 5.82 Å². The highest BCUT2D eigenvalue weighted by molar-refractivity contribution is 5.96. The Bertz CT molecular complexity index is 894. The van der Waals surface area contributed by atoms with E-state index in [0.717, 1.165) is 49.4 Å². The Kier molecular flexibility index (Phi) is 5.23. The van der Waals surface area contributed by atoms with Gasteiger partial charge in [0.2, 0.25) is 5.91 Å². The van der Waals surface area contributed by atoms with Gasteiger partial charge >= 0.3 is 6.03 Å². The van der Waals surface area contributed by atoms with E-state index in [9.17, 15) is 9.59 Å². The third-order valence-electron chi connectivity index (χ3n) is 5.33. The summed E-state index contributed by atoms with van der Waals surface area (Å²) < 4.78 is 0. The number of fused-ring (bicyclic) bond motifs is 1. The summed E-state index contributed by atoms with van der Waals surface area (Å²) >= 11 is 0. The number of hydrogen-bond donors (Lipinski definition) is 2. The summed E-state index contributed by atoms with van der Waals surface area (Å²) in [5.74, 6) is 0.945. The van der Waals surface area contributed by atoms with Crippen molar-refractivity contribution in [3.8, 4) is 0 Å². The lowest BCUT2D eigenvalue weighted by atomic mass is 10.2. The number of nitrogens with one attached hydrogen (secondary N) is 2. The van der Waals surface area contributed by atoms with Crippen LogP contribution in [0.2, 0.25) is 0 Å². The number of urea groups is 1. The van der Waals surface area contributed by atoms with Crippen LogP contribution in [0.15, 0.2) is 24.3 Å². The summed E-state index contributed by atoms with van der Waals surface area (Å²) in [6.07, 6.45) is 5.37. The van der Waals surface area contributed by atoms with Gasteiger partial charge < -0.3 is 15.5 Å². The van der Waals surface area contributed by atoms with Crippen molar-refractivity contribution in [2.75, 3.05) is 23.3 Å². The summed E-state index contributed by atoms with van der Waals surface area (Å²) in [5.41, 5.74) is 5.10. The molecular formula is C21H25N5O2. The molecule has 7 heteroatoms. The largest absolute Gasteiger partial charge is 0.337 e. The Morgan fingerprint density at radius 3 is 2.68 bits per heavy atom. The maximum atomic E-state index is 12.1. The first-order valence-electron chi connectivity index (χ1n) is 9.91. The van der Waals surface area contributed by atoms with Crippen LogP contribution in [-0.2, 0) is 24.1 Å². The zero-order chi connectivity index (χ0) is 19.5. The Morgan fingerprint density at radius 1 is 1.11 bits per heavy atom. The zero-order valence-electron chi connectivity index (χ0n) is 16.1. The smallest absolute Gasteiger partial charge is 0.319 e. The average molecular weight is 379 g/mol. The van der Waals surface area contributed by atoms with Crippen LogP contribution in [0.25, 0.3) is 0 Å². The van der Waals surface area contributed by atoms with Gasteiger partial charge in [-0.25, -0.2) is 14.8 Å². The predicted molar refractivity (Wildman–Crippen MR) is 108 cm³/mol. The first kappa shape index (κ1) is 18.4. The molecule has 3 amide bonds. The van der Waals surface area contributed by atoms with Crippen molar-refractivity contribution in [2.45, 2.75) is 45.4 Å². The third-order valence-corrected chi connectivity index (χ3v) is 5.33. The number of aromatic nitrogens is 2. The van der Waals surface area contributed by atoms with Gasteiger partial charge in [0, 0.05) is 48.7 Å². The summed E-state index contributed by atoms with van der Waals surface area (Å²) in [7, 11) is 0. The molecule has 7 nitrogen and oxygen atoms in total. The quantitative estimate of drug-likeness (QED) is 0.836. The summed E-state index contributed by atoms with van der Waals surface area (Å²) in [4.78, 5) is 34.9. The monoisotopic (exact) mass is 379 g/mol. The molecule has 2 aliphatic rings. The highest BCUT2D eigenvalue weighted by atomic mass is 16.2. The van der Waals surface area contributed by atoms with Gasteiger partial charge in [0.25, 0.3) is 0 Å². The first-order valence-corrected chi connectivity index (χ1v) is 9.91. The molecule has 1 saturated heterocycles. The molecule has 4 rings (SSSR count). The molecule has 1 aliphatic carbocycles. The molecule has 146 valence electrons. The summed E-state index contributed by atoms with van der Waals surface area (Å²) in [5, 5.41) is 5.66. The minimum atomic E-state index is -0.261. The molecule has 0 spiro atoms. The maximum Gasteiger partial charge on any atom is 0.319 e. The van der Waals surface area contributed by atoms with E-state index in [2.05, 4.69) is 20.6 Å². The Balaban J connectivity index is 1.27. The molecule has 1 aliphatic heterocycles. The van der Waals surface area contributed by atoms with Gasteiger partial charge in [-0.3, -0.25) is 4.79 Å². The van der Waals surface area contributed by atoms with Gasteiger partial charge in [-0.05, 0) is 62.4 Å². The fraction of sp³-hybridized carbons (Fsp3) is 0.429. The van der Waals surface area contributed by atoms with Crippen LogP contribution in [0.1, 0.15) is 42.0 Å². The number of aryl methyl sites for hydroxylation is 2. The number of anilines is 2. The van der Waals surface area contributed by atoms with Gasteiger partial charge in [0.05, 0.1) is 0 Å². The van der Waals surface area contributed by atoms with Crippen LogP contribution >= 0.6 is 0 Å². The molecule has 28 heavy (non-hydrogen) atoms. The van der Waals surface area contributed by atoms with Crippen molar-refractivity contribution < 1.29 is 9.59 Å². The Hall–Kier alpha value is -2.96. The molecule has 0 atom stereocenters. The lowest BCUT2D eigenvalue weighted by Crippen LogP contribution is -2.31. The number of benzene rings is 1. The van der Waals surface area contributed by atoms with Crippen molar-refractivity contribution in [1.82, 2.24) is 15.3 Å². The normalized spacial score (nSPS) is 15.6. The van der Waals surface area contributed by atoms with E-state index in [0.29, 0.717) is 25.1 Å². The van der Waals surface area contributed by atoms with E-state index in [1.807, 2.05) is 31.2 Å². The lowest BCUT2D eigenvalue weighted by molar-refractivity contribution is -0.117. The summed E-state index contributed by atoms with van der Waals surface area (Å²) in [6, 6.07) is 7.09. The summed E-state index contributed by atoms with van der Waals surface area (Å²) in [6.45, 7) is 3.27. The van der Waals surface area contributed by atoms with Crippen LogP contribution in [-0.4, -0.2) is 35.0 Å². The molecule has 1 fully saturated rings. The van der Waals surface area contributed by atoms with Gasteiger partial charge in [-0.1, -0.05) is 0 Å². The molecular weight excluding hydrogens is 354 g/mol. The van der Waals surface area contributed by atoms with Gasteiger partial charge in [-0.15, -0.1) is 0 Å². The molecule has 1 aromatic heterocycles. The molecule has 2 N–H and O–H groups in total. The first-order chi connectivity index (χ1) is 13.6. The number of amides is 3. The molecule has 0 saturated carbocycles. The average Bonchev–Trinajstić information content (AvgIpc) is 3.31. The highest BCUT2D eigenvalue weighted by Crippen LogP contribution is 2.23. The van der Waals surface area contributed by atoms with Crippen molar-refractivity contribution in [3.63, 3.8) is 0 Å². The number of rotatable bonds is 5. The van der Waals surface area contributed by atoms with E-state index in [-0.39, 0.29) is 11.9 Å². The minimum Gasteiger partial charge on any atom is -0.337 e. The number of nitrogens with zero attached hydrogens (tertiary/aromatic N) is 3. The molecule has 0 bridgehead atoms. The number of carbonyl (C=O) groups excluding carboxylic acids is 2. The number of carbonyl (C=O) groups is 2. The van der Waals surface area contributed by atoms with E-state index < -0.39 is 0 Å². The topological polar surface area (TPSA) is 87.2 Å². The molecule has 1 aromatic carbocycles. The van der Waals surface area contributed by atoms with Crippen LogP contribution in [0.3, 0.4) is 0 Å². The fourth-order valence-corrected chi connectivity index (χ4v) is 3.90. The third kappa shape index (κ3) is 3.98. The van der Waals surface area contributed by atoms with Crippen LogP contribution in [0, 0.1) is 6.92 Å². The number of hydrogen-bond acceptors (Lipinski definition) is 4. The Morgan fingerprint density at radius 2 is 1.93 bits per heavy atom. The van der Waals surface area contributed by atoms with Crippen molar-refractivity contribution in [3.05, 3.63) is 47.0 Å². The van der Waals surface area contributed by atoms with Crippen molar-refractivity contribution in [1.29, 1.82) is 0 Å². The SMILES string of the molecule is Cc1nc(CCNC(=O)Nc2ccc(N3CCCC3=O)cc2)nc2c1CCC2. The lowest BCUT2D eigenvalue weighted by Gasteiger charge is -2.16.